The Morgan fingerprint density at radius 2 is 1.61 bits per heavy atom. The summed E-state index contributed by atoms with van der Waals surface area (Å²) in [7, 11) is 0. The number of carbonyl (C=O) groups is 1. The summed E-state index contributed by atoms with van der Waals surface area (Å²) in [4.78, 5) is 36.8. The van der Waals surface area contributed by atoms with E-state index in [-0.39, 0.29) is 16.7 Å². The number of hydrogen-bond donors (Lipinski definition) is 1. The molecule has 0 aliphatic rings. The first-order valence-corrected chi connectivity index (χ1v) is 9.78. The summed E-state index contributed by atoms with van der Waals surface area (Å²) < 4.78 is 1.89. The number of hydrogen-bond acceptors (Lipinski definition) is 4. The highest BCUT2D eigenvalue weighted by molar-refractivity contribution is 6.07. The molecule has 0 aliphatic carbocycles. The van der Waals surface area contributed by atoms with E-state index in [0.29, 0.717) is 34.4 Å². The van der Waals surface area contributed by atoms with Gasteiger partial charge in [-0.2, -0.15) is 0 Å². The maximum atomic E-state index is 13.4. The Bertz CT molecular complexity index is 1340. The molecule has 31 heavy (non-hydrogen) atoms. The fourth-order valence-electron chi connectivity index (χ4n) is 3.64. The van der Waals surface area contributed by atoms with Gasteiger partial charge in [0.1, 0.15) is 5.82 Å². The lowest BCUT2D eigenvalue weighted by Crippen LogP contribution is -2.22. The molecule has 0 radical (unpaired) electrons. The minimum absolute atomic E-state index is 0.0994. The molecule has 154 valence electrons. The van der Waals surface area contributed by atoms with Gasteiger partial charge in [0.25, 0.3) is 11.6 Å². The molecule has 0 fully saturated rings. The summed E-state index contributed by atoms with van der Waals surface area (Å²) in [6, 6.07) is 21.8. The van der Waals surface area contributed by atoms with Gasteiger partial charge < -0.3 is 9.88 Å². The van der Waals surface area contributed by atoms with Crippen LogP contribution in [0.3, 0.4) is 0 Å². The van der Waals surface area contributed by atoms with E-state index in [9.17, 15) is 19.7 Å². The first-order chi connectivity index (χ1) is 15.0. The molecule has 0 saturated carbocycles. The fraction of sp³-hybridized carbons (Fsp3) is 0.0833. The zero-order valence-corrected chi connectivity index (χ0v) is 16.7. The van der Waals surface area contributed by atoms with Gasteiger partial charge in [0.2, 0.25) is 0 Å². The summed E-state index contributed by atoms with van der Waals surface area (Å²) in [5, 5.41) is 14.3. The second-order valence-corrected chi connectivity index (χ2v) is 6.94. The van der Waals surface area contributed by atoms with Crippen LogP contribution in [0.1, 0.15) is 17.3 Å². The molecule has 0 unspecified atom stereocenters. The largest absolute Gasteiger partial charge is 0.327 e. The third-order valence-corrected chi connectivity index (χ3v) is 5.12. The van der Waals surface area contributed by atoms with Gasteiger partial charge in [-0.1, -0.05) is 42.5 Å². The van der Waals surface area contributed by atoms with Crippen LogP contribution in [0.15, 0.2) is 83.7 Å². The predicted octanol–water partition coefficient (Wildman–Crippen LogP) is 4.85. The van der Waals surface area contributed by atoms with Crippen LogP contribution in [0.5, 0.6) is 0 Å². The van der Waals surface area contributed by atoms with Gasteiger partial charge in [-0.25, -0.2) is 0 Å². The van der Waals surface area contributed by atoms with Crippen molar-refractivity contribution in [3.8, 4) is 11.1 Å². The molecule has 0 bridgehead atoms. The Hall–Kier alpha value is -4.26. The normalized spacial score (nSPS) is 10.7. The van der Waals surface area contributed by atoms with Gasteiger partial charge in [-0.3, -0.25) is 19.7 Å². The van der Waals surface area contributed by atoms with Crippen LogP contribution in [-0.4, -0.2) is 15.4 Å². The lowest BCUT2D eigenvalue weighted by Gasteiger charge is -2.20. The van der Waals surface area contributed by atoms with E-state index < -0.39 is 10.8 Å². The number of benzene rings is 3. The van der Waals surface area contributed by atoms with Crippen LogP contribution in [0.25, 0.3) is 22.0 Å². The Morgan fingerprint density at radius 3 is 2.26 bits per heavy atom. The Kier molecular flexibility index (Phi) is 5.32. The third kappa shape index (κ3) is 3.69. The number of aryl methyl sites for hydroxylation is 1. The topological polar surface area (TPSA) is 94.2 Å². The van der Waals surface area contributed by atoms with Crippen molar-refractivity contribution >= 4 is 28.3 Å². The maximum Gasteiger partial charge on any atom is 0.269 e. The Morgan fingerprint density at radius 1 is 0.968 bits per heavy atom. The number of rotatable bonds is 5. The molecule has 0 spiro atoms. The number of pyridine rings is 1. The van der Waals surface area contributed by atoms with Gasteiger partial charge >= 0.3 is 0 Å². The van der Waals surface area contributed by atoms with E-state index in [4.69, 9.17) is 0 Å². The van der Waals surface area contributed by atoms with E-state index in [2.05, 4.69) is 5.32 Å². The predicted molar refractivity (Wildman–Crippen MR) is 120 cm³/mol. The average Bonchev–Trinajstić information content (AvgIpc) is 2.80. The first-order valence-electron chi connectivity index (χ1n) is 9.78. The number of nitro benzene ring substituents is 1. The zero-order chi connectivity index (χ0) is 22.0. The molecule has 4 rings (SSSR count). The Labute approximate surface area is 177 Å². The smallest absolute Gasteiger partial charge is 0.269 e. The van der Waals surface area contributed by atoms with Gasteiger partial charge in [-0.05, 0) is 36.8 Å². The SMILES string of the molecule is CCn1c(NC(=O)c2ccc([N+](=O)[O-])cc2)c(-c2ccccc2)c(=O)c2ccccc21. The minimum atomic E-state index is -0.521. The molecule has 1 N–H and O–H groups in total. The second-order valence-electron chi connectivity index (χ2n) is 6.94. The van der Waals surface area contributed by atoms with Crippen molar-refractivity contribution in [2.24, 2.45) is 0 Å². The molecule has 0 aliphatic heterocycles. The van der Waals surface area contributed by atoms with Gasteiger partial charge in [-0.15, -0.1) is 0 Å². The van der Waals surface area contributed by atoms with Crippen LogP contribution >= 0.6 is 0 Å². The number of anilines is 1. The average molecular weight is 413 g/mol. The number of fused-ring (bicyclic) bond motifs is 1. The molecule has 1 heterocycles. The summed E-state index contributed by atoms with van der Waals surface area (Å²) in [5.41, 5.74) is 1.79. The number of aromatic nitrogens is 1. The molecule has 1 aromatic heterocycles. The number of para-hydroxylation sites is 1. The fourth-order valence-corrected chi connectivity index (χ4v) is 3.64. The van der Waals surface area contributed by atoms with Gasteiger partial charge in [0.05, 0.1) is 16.0 Å². The number of nitrogens with zero attached hydrogens (tertiary/aromatic N) is 2. The summed E-state index contributed by atoms with van der Waals surface area (Å²) in [5.74, 6) is -0.0651. The van der Waals surface area contributed by atoms with Crippen molar-refractivity contribution in [3.63, 3.8) is 0 Å². The summed E-state index contributed by atoms with van der Waals surface area (Å²) in [6.07, 6.45) is 0. The molecule has 1 amide bonds. The quantitative estimate of drug-likeness (QED) is 0.374. The molecule has 3 aromatic carbocycles. The second kappa shape index (κ2) is 8.23. The van der Waals surface area contributed by atoms with E-state index in [1.54, 1.807) is 6.07 Å². The van der Waals surface area contributed by atoms with Crippen molar-refractivity contribution in [1.29, 1.82) is 0 Å². The van der Waals surface area contributed by atoms with E-state index >= 15 is 0 Å². The maximum absolute atomic E-state index is 13.4. The van der Waals surface area contributed by atoms with Gasteiger partial charge in [0, 0.05) is 29.6 Å². The molecular formula is C24H19N3O4. The highest BCUT2D eigenvalue weighted by atomic mass is 16.6. The number of nitrogens with one attached hydrogen (secondary N) is 1. The molecule has 7 nitrogen and oxygen atoms in total. The first kappa shape index (κ1) is 20.0. The summed E-state index contributed by atoms with van der Waals surface area (Å²) in [6.45, 7) is 2.46. The molecule has 0 atom stereocenters. The number of non-ortho nitro benzene ring substituents is 1. The molecule has 0 saturated heterocycles. The van der Waals surface area contributed by atoms with Crippen molar-refractivity contribution < 1.29 is 9.72 Å². The highest BCUT2D eigenvalue weighted by Crippen LogP contribution is 2.29. The third-order valence-electron chi connectivity index (χ3n) is 5.12. The molecule has 7 heteroatoms. The zero-order valence-electron chi connectivity index (χ0n) is 16.7. The van der Waals surface area contributed by atoms with E-state index in [0.717, 1.165) is 0 Å². The lowest BCUT2D eigenvalue weighted by atomic mass is 10.0. The van der Waals surface area contributed by atoms with Crippen LogP contribution in [0.2, 0.25) is 0 Å². The van der Waals surface area contributed by atoms with Gasteiger partial charge in [0.15, 0.2) is 5.43 Å². The van der Waals surface area contributed by atoms with Crippen molar-refractivity contribution in [2.75, 3.05) is 5.32 Å². The van der Waals surface area contributed by atoms with E-state index in [1.165, 1.54) is 24.3 Å². The standard InChI is InChI=1S/C24H19N3O4/c1-2-26-20-11-7-6-10-19(20)22(28)21(16-8-4-3-5-9-16)23(26)25-24(29)17-12-14-18(15-13-17)27(30)31/h3-15H,2H2,1H3,(H,25,29). The number of nitro groups is 1. The lowest BCUT2D eigenvalue weighted by molar-refractivity contribution is -0.384. The van der Waals surface area contributed by atoms with E-state index in [1.807, 2.05) is 60.0 Å². The van der Waals surface area contributed by atoms with Crippen LogP contribution < -0.4 is 10.7 Å². The highest BCUT2D eigenvalue weighted by Gasteiger charge is 2.20. The van der Waals surface area contributed by atoms with Crippen LogP contribution in [0.4, 0.5) is 11.5 Å². The van der Waals surface area contributed by atoms with Crippen molar-refractivity contribution in [2.45, 2.75) is 13.5 Å². The van der Waals surface area contributed by atoms with Crippen molar-refractivity contribution in [3.05, 3.63) is 105 Å². The molecular weight excluding hydrogens is 394 g/mol. The minimum Gasteiger partial charge on any atom is -0.327 e. The monoisotopic (exact) mass is 413 g/mol. The Balaban J connectivity index is 1.90. The van der Waals surface area contributed by atoms with Crippen molar-refractivity contribution in [1.82, 2.24) is 4.57 Å². The number of carbonyl (C=O) groups excluding carboxylic acids is 1. The molecule has 4 aromatic rings. The summed E-state index contributed by atoms with van der Waals surface area (Å²) >= 11 is 0. The van der Waals surface area contributed by atoms with Crippen LogP contribution in [0, 0.1) is 10.1 Å². The van der Waals surface area contributed by atoms with Crippen LogP contribution in [-0.2, 0) is 6.54 Å². The number of amides is 1.